The third-order valence-corrected chi connectivity index (χ3v) is 4.73. The molecule has 0 fully saturated rings. The van der Waals surface area contributed by atoms with Crippen molar-refractivity contribution in [3.63, 3.8) is 0 Å². The van der Waals surface area contributed by atoms with E-state index < -0.39 is 0 Å². The second kappa shape index (κ2) is 7.36. The highest BCUT2D eigenvalue weighted by Crippen LogP contribution is 2.34. The third-order valence-electron chi connectivity index (χ3n) is 4.73. The Morgan fingerprint density at radius 1 is 1.13 bits per heavy atom. The lowest BCUT2D eigenvalue weighted by Crippen LogP contribution is -2.16. The molecule has 0 aliphatic carbocycles. The fourth-order valence-corrected chi connectivity index (χ4v) is 3.27. The summed E-state index contributed by atoms with van der Waals surface area (Å²) in [5.74, 6) is 1.47. The zero-order valence-corrected chi connectivity index (χ0v) is 15.8. The molecule has 0 radical (unpaired) electrons. The lowest BCUT2D eigenvalue weighted by atomic mass is 10.2. The summed E-state index contributed by atoms with van der Waals surface area (Å²) in [4.78, 5) is 32.0. The van der Waals surface area contributed by atoms with Crippen LogP contribution in [0.5, 0.6) is 11.5 Å². The van der Waals surface area contributed by atoms with Crippen LogP contribution in [0.2, 0.25) is 0 Å². The first kappa shape index (κ1) is 17.9. The predicted molar refractivity (Wildman–Crippen MR) is 109 cm³/mol. The lowest BCUT2D eigenvalue weighted by molar-refractivity contribution is -0.116. The van der Waals surface area contributed by atoms with Gasteiger partial charge in [0, 0.05) is 24.6 Å². The van der Waals surface area contributed by atoms with E-state index in [9.17, 15) is 9.59 Å². The first-order valence-electron chi connectivity index (χ1n) is 9.39. The summed E-state index contributed by atoms with van der Waals surface area (Å²) in [6, 6.07) is 14.6. The standard InChI is InChI=1S/C21H17N5O4/c27-19(23-13-6-7-16-17(10-13)30-12-29-16)9-8-18-24-20-15(21(28)25-18)11-22-26(20)14-4-2-1-3-5-14/h1-7,10-11H,8-9,12H2,(H,23,27)(H,24,25,28). The van der Waals surface area contributed by atoms with Crippen molar-refractivity contribution < 1.29 is 14.3 Å². The van der Waals surface area contributed by atoms with Crippen molar-refractivity contribution in [2.24, 2.45) is 0 Å². The smallest absolute Gasteiger partial charge is 0.262 e. The van der Waals surface area contributed by atoms with Crippen LogP contribution in [0, 0.1) is 0 Å². The fourth-order valence-electron chi connectivity index (χ4n) is 3.27. The zero-order chi connectivity index (χ0) is 20.5. The molecule has 9 nitrogen and oxygen atoms in total. The number of fused-ring (bicyclic) bond motifs is 2. The van der Waals surface area contributed by atoms with Crippen LogP contribution < -0.4 is 20.3 Å². The average molecular weight is 403 g/mol. The molecular weight excluding hydrogens is 386 g/mol. The summed E-state index contributed by atoms with van der Waals surface area (Å²) in [6.45, 7) is 0.174. The lowest BCUT2D eigenvalue weighted by Gasteiger charge is -2.07. The van der Waals surface area contributed by atoms with Crippen molar-refractivity contribution in [3.8, 4) is 17.2 Å². The van der Waals surface area contributed by atoms with Gasteiger partial charge >= 0.3 is 0 Å². The van der Waals surface area contributed by atoms with Gasteiger partial charge in [-0.15, -0.1) is 0 Å². The number of anilines is 1. The average Bonchev–Trinajstić information content (AvgIpc) is 3.40. The predicted octanol–water partition coefficient (Wildman–Crippen LogP) is 2.41. The van der Waals surface area contributed by atoms with Gasteiger partial charge in [0.2, 0.25) is 12.7 Å². The molecule has 0 unspecified atom stereocenters. The fraction of sp³-hybridized carbons (Fsp3) is 0.143. The Labute approximate surface area is 170 Å². The summed E-state index contributed by atoms with van der Waals surface area (Å²) >= 11 is 0. The van der Waals surface area contributed by atoms with Gasteiger partial charge in [-0.3, -0.25) is 9.59 Å². The molecule has 1 amide bonds. The molecule has 2 aromatic carbocycles. The number of rotatable bonds is 5. The molecule has 0 spiro atoms. The highest BCUT2D eigenvalue weighted by molar-refractivity contribution is 5.91. The number of nitrogens with zero attached hydrogens (tertiary/aromatic N) is 3. The molecule has 3 heterocycles. The molecule has 9 heteroatoms. The van der Waals surface area contributed by atoms with Gasteiger partial charge in [-0.2, -0.15) is 5.10 Å². The maximum absolute atomic E-state index is 12.4. The first-order valence-corrected chi connectivity index (χ1v) is 9.39. The number of ether oxygens (including phenoxy) is 2. The van der Waals surface area contributed by atoms with E-state index in [1.165, 1.54) is 6.20 Å². The van der Waals surface area contributed by atoms with Crippen molar-refractivity contribution in [2.45, 2.75) is 12.8 Å². The van der Waals surface area contributed by atoms with Crippen LogP contribution in [-0.2, 0) is 11.2 Å². The van der Waals surface area contributed by atoms with Gasteiger partial charge in [0.05, 0.1) is 11.9 Å². The monoisotopic (exact) mass is 403 g/mol. The molecule has 1 aliphatic rings. The Morgan fingerprint density at radius 2 is 1.97 bits per heavy atom. The van der Waals surface area contributed by atoms with Crippen molar-refractivity contribution in [2.75, 3.05) is 12.1 Å². The number of nitrogens with one attached hydrogen (secondary N) is 2. The van der Waals surface area contributed by atoms with Gasteiger partial charge in [-0.05, 0) is 24.3 Å². The molecule has 2 aromatic heterocycles. The number of H-pyrrole nitrogens is 1. The van der Waals surface area contributed by atoms with Crippen molar-refractivity contribution in [1.29, 1.82) is 0 Å². The molecule has 0 atom stereocenters. The number of benzene rings is 2. The van der Waals surface area contributed by atoms with Gasteiger partial charge in [-0.25, -0.2) is 9.67 Å². The Hall–Kier alpha value is -4.14. The molecule has 5 rings (SSSR count). The van der Waals surface area contributed by atoms with E-state index in [2.05, 4.69) is 20.4 Å². The van der Waals surface area contributed by atoms with Crippen LogP contribution in [0.15, 0.2) is 59.5 Å². The molecule has 150 valence electrons. The number of carbonyl (C=O) groups is 1. The summed E-state index contributed by atoms with van der Waals surface area (Å²) in [5, 5.41) is 7.49. The Bertz CT molecular complexity index is 1300. The van der Waals surface area contributed by atoms with E-state index in [1.54, 1.807) is 22.9 Å². The van der Waals surface area contributed by atoms with Crippen LogP contribution in [0.3, 0.4) is 0 Å². The third kappa shape index (κ3) is 3.37. The van der Waals surface area contributed by atoms with Crippen molar-refractivity contribution in [1.82, 2.24) is 19.7 Å². The number of hydrogen-bond acceptors (Lipinski definition) is 6. The summed E-state index contributed by atoms with van der Waals surface area (Å²) in [6.07, 6.45) is 1.92. The molecule has 2 N–H and O–H groups in total. The van der Waals surface area contributed by atoms with E-state index in [1.807, 2.05) is 30.3 Å². The first-order chi connectivity index (χ1) is 14.7. The second-order valence-electron chi connectivity index (χ2n) is 6.76. The topological polar surface area (TPSA) is 111 Å². The van der Waals surface area contributed by atoms with E-state index in [-0.39, 0.29) is 31.1 Å². The molecule has 0 bridgehead atoms. The summed E-state index contributed by atoms with van der Waals surface area (Å²) in [5.41, 5.74) is 1.59. The van der Waals surface area contributed by atoms with E-state index in [0.717, 1.165) is 5.69 Å². The zero-order valence-electron chi connectivity index (χ0n) is 15.8. The molecular formula is C21H17N5O4. The molecule has 1 aliphatic heterocycles. The number of aromatic nitrogens is 4. The van der Waals surface area contributed by atoms with Crippen LogP contribution in [0.25, 0.3) is 16.7 Å². The molecule has 0 saturated carbocycles. The summed E-state index contributed by atoms with van der Waals surface area (Å²) < 4.78 is 12.2. The number of hydrogen-bond donors (Lipinski definition) is 2. The Morgan fingerprint density at radius 3 is 2.83 bits per heavy atom. The second-order valence-corrected chi connectivity index (χ2v) is 6.76. The number of para-hydroxylation sites is 1. The Balaban J connectivity index is 1.33. The van der Waals surface area contributed by atoms with Crippen LogP contribution >= 0.6 is 0 Å². The van der Waals surface area contributed by atoms with E-state index >= 15 is 0 Å². The highest BCUT2D eigenvalue weighted by atomic mass is 16.7. The minimum atomic E-state index is -0.284. The number of aryl methyl sites for hydroxylation is 1. The highest BCUT2D eigenvalue weighted by Gasteiger charge is 2.15. The number of carbonyl (C=O) groups excluding carboxylic acids is 1. The maximum atomic E-state index is 12.4. The normalized spacial score (nSPS) is 12.3. The maximum Gasteiger partial charge on any atom is 0.262 e. The van der Waals surface area contributed by atoms with E-state index in [4.69, 9.17) is 9.47 Å². The van der Waals surface area contributed by atoms with Gasteiger partial charge in [-0.1, -0.05) is 18.2 Å². The largest absolute Gasteiger partial charge is 0.454 e. The van der Waals surface area contributed by atoms with Gasteiger partial charge < -0.3 is 19.8 Å². The van der Waals surface area contributed by atoms with Crippen LogP contribution in [0.1, 0.15) is 12.2 Å². The van der Waals surface area contributed by atoms with Crippen LogP contribution in [0.4, 0.5) is 5.69 Å². The SMILES string of the molecule is O=C(CCc1nc2c(cnn2-c2ccccc2)c(=O)[nH]1)Nc1ccc2c(c1)OCO2. The quantitative estimate of drug-likeness (QED) is 0.529. The van der Waals surface area contributed by atoms with Gasteiger partial charge in [0.1, 0.15) is 11.2 Å². The number of aromatic amines is 1. The summed E-state index contributed by atoms with van der Waals surface area (Å²) in [7, 11) is 0. The minimum absolute atomic E-state index is 0.155. The van der Waals surface area contributed by atoms with E-state index in [0.29, 0.717) is 34.0 Å². The van der Waals surface area contributed by atoms with Crippen LogP contribution in [-0.4, -0.2) is 32.4 Å². The van der Waals surface area contributed by atoms with Gasteiger partial charge in [0.15, 0.2) is 17.1 Å². The number of amides is 1. The molecule has 4 aromatic rings. The molecule has 0 saturated heterocycles. The Kier molecular flexibility index (Phi) is 4.40. The molecule has 30 heavy (non-hydrogen) atoms. The van der Waals surface area contributed by atoms with Crippen molar-refractivity contribution >= 4 is 22.6 Å². The van der Waals surface area contributed by atoms with Gasteiger partial charge in [0.25, 0.3) is 5.56 Å². The van der Waals surface area contributed by atoms with Crippen molar-refractivity contribution in [3.05, 3.63) is 70.9 Å². The minimum Gasteiger partial charge on any atom is -0.454 e.